The molecule has 4 aliphatic carbocycles. The van der Waals surface area contributed by atoms with Gasteiger partial charge in [-0.2, -0.15) is 0 Å². The van der Waals surface area contributed by atoms with Crippen molar-refractivity contribution in [3.63, 3.8) is 0 Å². The lowest BCUT2D eigenvalue weighted by atomic mass is 9.50. The molecule has 2 nitrogen and oxygen atoms in total. The van der Waals surface area contributed by atoms with Gasteiger partial charge in [0.2, 0.25) is 0 Å². The first-order chi connectivity index (χ1) is 10.2. The smallest absolute Gasteiger partial charge is 0.120 e. The van der Waals surface area contributed by atoms with E-state index in [1.165, 1.54) is 37.7 Å². The molecule has 4 fully saturated rings. The molecule has 4 saturated carbocycles. The van der Waals surface area contributed by atoms with Crippen molar-refractivity contribution in [1.82, 2.24) is 0 Å². The molecule has 1 aromatic rings. The predicted molar refractivity (Wildman–Crippen MR) is 88.2 cm³/mol. The number of ether oxygens (including phenoxy) is 1. The standard InChI is InChI=1S/C18H24BrNO/c1-21-14-2-3-15(16(19)9-14)18(20)17-12-5-10-4-11(7-12)8-13(17)6-10/h2-3,9-13,17-18H,4-8,20H2,1H3. The second kappa shape index (κ2) is 5.27. The van der Waals surface area contributed by atoms with Gasteiger partial charge in [-0.25, -0.2) is 0 Å². The van der Waals surface area contributed by atoms with Crippen molar-refractivity contribution < 1.29 is 4.74 Å². The summed E-state index contributed by atoms with van der Waals surface area (Å²) in [5.74, 6) is 5.33. The Balaban J connectivity index is 1.61. The molecule has 1 atom stereocenters. The van der Waals surface area contributed by atoms with Gasteiger partial charge in [0.15, 0.2) is 0 Å². The highest BCUT2D eigenvalue weighted by molar-refractivity contribution is 9.10. The molecule has 21 heavy (non-hydrogen) atoms. The van der Waals surface area contributed by atoms with Crippen LogP contribution in [0.15, 0.2) is 22.7 Å². The van der Waals surface area contributed by atoms with Crippen LogP contribution in [0.5, 0.6) is 5.75 Å². The zero-order valence-electron chi connectivity index (χ0n) is 12.6. The van der Waals surface area contributed by atoms with Gasteiger partial charge in [-0.1, -0.05) is 22.0 Å². The summed E-state index contributed by atoms with van der Waals surface area (Å²) < 4.78 is 6.40. The number of nitrogens with two attached hydrogens (primary N) is 1. The van der Waals surface area contributed by atoms with Crippen molar-refractivity contribution in [2.24, 2.45) is 35.3 Å². The van der Waals surface area contributed by atoms with Gasteiger partial charge in [0, 0.05) is 10.5 Å². The molecule has 1 unspecified atom stereocenters. The molecular weight excluding hydrogens is 326 g/mol. The summed E-state index contributed by atoms with van der Waals surface area (Å²) in [6.07, 6.45) is 7.22. The molecule has 2 N–H and O–H groups in total. The fraction of sp³-hybridized carbons (Fsp3) is 0.667. The van der Waals surface area contributed by atoms with E-state index in [4.69, 9.17) is 10.5 Å². The topological polar surface area (TPSA) is 35.2 Å². The van der Waals surface area contributed by atoms with Gasteiger partial charge in [0.1, 0.15) is 5.75 Å². The van der Waals surface area contributed by atoms with Crippen LogP contribution in [0, 0.1) is 29.6 Å². The summed E-state index contributed by atoms with van der Waals surface area (Å²) in [5, 5.41) is 0. The van der Waals surface area contributed by atoms with E-state index >= 15 is 0 Å². The van der Waals surface area contributed by atoms with E-state index in [-0.39, 0.29) is 6.04 Å². The Kier molecular flexibility index (Phi) is 3.54. The number of hydrogen-bond donors (Lipinski definition) is 1. The van der Waals surface area contributed by atoms with E-state index in [9.17, 15) is 0 Å². The third kappa shape index (κ3) is 2.33. The summed E-state index contributed by atoms with van der Waals surface area (Å²) >= 11 is 3.70. The lowest BCUT2D eigenvalue weighted by Crippen LogP contribution is -2.48. The summed E-state index contributed by atoms with van der Waals surface area (Å²) in [7, 11) is 1.71. The van der Waals surface area contributed by atoms with Gasteiger partial charge >= 0.3 is 0 Å². The molecule has 0 amide bonds. The number of benzene rings is 1. The molecular formula is C18H24BrNO. The van der Waals surface area contributed by atoms with Crippen LogP contribution >= 0.6 is 15.9 Å². The Bertz CT molecular complexity index is 516. The van der Waals surface area contributed by atoms with E-state index in [1.807, 2.05) is 12.1 Å². The lowest BCUT2D eigenvalue weighted by Gasteiger charge is -2.56. The molecule has 1 aromatic carbocycles. The van der Waals surface area contributed by atoms with Crippen molar-refractivity contribution >= 4 is 15.9 Å². The van der Waals surface area contributed by atoms with Gasteiger partial charge in [-0.05, 0) is 79.4 Å². The Hall–Kier alpha value is -0.540. The molecule has 4 aliphatic rings. The molecule has 0 radical (unpaired) electrons. The van der Waals surface area contributed by atoms with Crippen LogP contribution in [0.25, 0.3) is 0 Å². The molecule has 3 heteroatoms. The SMILES string of the molecule is COc1ccc(C(N)C2C3CC4CC(C3)CC2C4)c(Br)c1. The van der Waals surface area contributed by atoms with Gasteiger partial charge in [-0.3, -0.25) is 0 Å². The third-order valence-corrected chi connectivity index (χ3v) is 6.97. The van der Waals surface area contributed by atoms with Crippen LogP contribution in [-0.4, -0.2) is 7.11 Å². The van der Waals surface area contributed by atoms with Crippen LogP contribution < -0.4 is 10.5 Å². The zero-order chi connectivity index (χ0) is 14.6. The molecule has 0 aromatic heterocycles. The first-order valence-corrected chi connectivity index (χ1v) is 9.04. The van der Waals surface area contributed by atoms with E-state index < -0.39 is 0 Å². The summed E-state index contributed by atoms with van der Waals surface area (Å²) in [6, 6.07) is 6.40. The largest absolute Gasteiger partial charge is 0.497 e. The maximum Gasteiger partial charge on any atom is 0.120 e. The summed E-state index contributed by atoms with van der Waals surface area (Å²) in [4.78, 5) is 0. The van der Waals surface area contributed by atoms with Crippen molar-refractivity contribution in [3.05, 3.63) is 28.2 Å². The number of hydrogen-bond acceptors (Lipinski definition) is 2. The third-order valence-electron chi connectivity index (χ3n) is 6.28. The maximum absolute atomic E-state index is 6.74. The monoisotopic (exact) mass is 349 g/mol. The average Bonchev–Trinajstić information content (AvgIpc) is 2.45. The van der Waals surface area contributed by atoms with Crippen molar-refractivity contribution in [2.45, 2.75) is 38.1 Å². The Morgan fingerprint density at radius 2 is 1.71 bits per heavy atom. The van der Waals surface area contributed by atoms with Crippen LogP contribution in [0.4, 0.5) is 0 Å². The fourth-order valence-corrected chi connectivity index (χ4v) is 6.29. The van der Waals surface area contributed by atoms with Gasteiger partial charge in [-0.15, -0.1) is 0 Å². The predicted octanol–water partition coefficient (Wildman–Crippen LogP) is 4.53. The van der Waals surface area contributed by atoms with Crippen molar-refractivity contribution in [2.75, 3.05) is 7.11 Å². The van der Waals surface area contributed by atoms with E-state index in [0.717, 1.165) is 33.9 Å². The first-order valence-electron chi connectivity index (χ1n) is 8.24. The van der Waals surface area contributed by atoms with Gasteiger partial charge < -0.3 is 10.5 Å². The Labute approximate surface area is 135 Å². The van der Waals surface area contributed by atoms with Crippen molar-refractivity contribution in [1.29, 1.82) is 0 Å². The molecule has 0 saturated heterocycles. The summed E-state index contributed by atoms with van der Waals surface area (Å²) in [6.45, 7) is 0. The average molecular weight is 350 g/mol. The second-order valence-corrected chi connectivity index (χ2v) is 8.28. The van der Waals surface area contributed by atoms with E-state index in [2.05, 4.69) is 22.0 Å². The molecule has 0 heterocycles. The highest BCUT2D eigenvalue weighted by Crippen LogP contribution is 2.59. The van der Waals surface area contributed by atoms with Gasteiger partial charge in [0.25, 0.3) is 0 Å². The molecule has 4 bridgehead atoms. The second-order valence-electron chi connectivity index (χ2n) is 7.42. The van der Waals surface area contributed by atoms with Gasteiger partial charge in [0.05, 0.1) is 7.11 Å². The Morgan fingerprint density at radius 3 is 2.24 bits per heavy atom. The number of rotatable bonds is 3. The van der Waals surface area contributed by atoms with E-state index in [1.54, 1.807) is 7.11 Å². The fourth-order valence-electron chi connectivity index (χ4n) is 5.67. The highest BCUT2D eigenvalue weighted by Gasteiger charge is 2.50. The van der Waals surface area contributed by atoms with Crippen LogP contribution in [-0.2, 0) is 0 Å². The highest BCUT2D eigenvalue weighted by atomic mass is 79.9. The van der Waals surface area contributed by atoms with Crippen LogP contribution in [0.2, 0.25) is 0 Å². The Morgan fingerprint density at radius 1 is 1.10 bits per heavy atom. The maximum atomic E-state index is 6.74. The number of methoxy groups -OCH3 is 1. The molecule has 114 valence electrons. The quantitative estimate of drug-likeness (QED) is 0.869. The first kappa shape index (κ1) is 14.1. The minimum Gasteiger partial charge on any atom is -0.497 e. The molecule has 0 aliphatic heterocycles. The minimum atomic E-state index is 0.167. The van der Waals surface area contributed by atoms with Crippen LogP contribution in [0.3, 0.4) is 0 Å². The minimum absolute atomic E-state index is 0.167. The summed E-state index contributed by atoms with van der Waals surface area (Å²) in [5.41, 5.74) is 8.00. The van der Waals surface area contributed by atoms with Crippen LogP contribution in [0.1, 0.15) is 43.7 Å². The van der Waals surface area contributed by atoms with E-state index in [0.29, 0.717) is 5.92 Å². The number of halogens is 1. The van der Waals surface area contributed by atoms with Crippen molar-refractivity contribution in [3.8, 4) is 5.75 Å². The molecule has 0 spiro atoms. The molecule has 5 rings (SSSR count). The lowest BCUT2D eigenvalue weighted by molar-refractivity contribution is -0.0472. The normalized spacial score (nSPS) is 38.5. The zero-order valence-corrected chi connectivity index (χ0v) is 14.2.